The molecule has 0 aliphatic heterocycles. The van der Waals surface area contributed by atoms with Gasteiger partial charge in [-0.1, -0.05) is 13.3 Å². The molecule has 4 heteroatoms. The predicted octanol–water partition coefficient (Wildman–Crippen LogP) is -0.309. The molecule has 70 valence electrons. The zero-order valence-electron chi connectivity index (χ0n) is 7.29. The van der Waals surface area contributed by atoms with Crippen LogP contribution < -0.4 is 16.3 Å². The summed E-state index contributed by atoms with van der Waals surface area (Å²) in [7, 11) is 0. The summed E-state index contributed by atoms with van der Waals surface area (Å²) in [5.41, 5.74) is -3.02. The SMILES string of the molecule is CCCCc1c(O)c(=O)c(=O)c1=O. The third-order valence-corrected chi connectivity index (χ3v) is 1.97. The van der Waals surface area contributed by atoms with Gasteiger partial charge in [-0.25, -0.2) is 0 Å². The molecular formula is C9H10O4. The smallest absolute Gasteiger partial charge is 0.277 e. The van der Waals surface area contributed by atoms with Crippen LogP contribution in [0.4, 0.5) is 0 Å². The van der Waals surface area contributed by atoms with Crippen molar-refractivity contribution in [2.45, 2.75) is 26.2 Å². The van der Waals surface area contributed by atoms with Gasteiger partial charge in [-0.2, -0.15) is 0 Å². The highest BCUT2D eigenvalue weighted by atomic mass is 16.3. The van der Waals surface area contributed by atoms with E-state index in [1.54, 1.807) is 0 Å². The van der Waals surface area contributed by atoms with Gasteiger partial charge in [0, 0.05) is 5.56 Å². The van der Waals surface area contributed by atoms with Gasteiger partial charge in [-0.05, 0) is 12.8 Å². The molecule has 0 atom stereocenters. The van der Waals surface area contributed by atoms with Crippen molar-refractivity contribution in [1.82, 2.24) is 0 Å². The minimum absolute atomic E-state index is 0.0168. The summed E-state index contributed by atoms with van der Waals surface area (Å²) < 4.78 is 0. The van der Waals surface area contributed by atoms with Crippen LogP contribution in [0.2, 0.25) is 0 Å². The molecule has 0 bridgehead atoms. The molecule has 0 aromatic heterocycles. The average Bonchev–Trinajstić information content (AvgIpc) is 2.30. The van der Waals surface area contributed by atoms with Crippen molar-refractivity contribution in [3.8, 4) is 5.75 Å². The summed E-state index contributed by atoms with van der Waals surface area (Å²) in [5.74, 6) is -0.650. The molecule has 13 heavy (non-hydrogen) atoms. The molecule has 0 saturated heterocycles. The lowest BCUT2D eigenvalue weighted by atomic mass is 10.1. The maximum Gasteiger partial charge on any atom is 0.277 e. The van der Waals surface area contributed by atoms with Gasteiger partial charge in [0.2, 0.25) is 5.43 Å². The van der Waals surface area contributed by atoms with Crippen LogP contribution in [-0.2, 0) is 6.42 Å². The number of unbranched alkanes of at least 4 members (excludes halogenated alkanes) is 1. The van der Waals surface area contributed by atoms with Crippen LogP contribution in [0.5, 0.6) is 5.75 Å². The Hall–Kier alpha value is -1.45. The molecule has 4 nitrogen and oxygen atoms in total. The van der Waals surface area contributed by atoms with Crippen molar-refractivity contribution >= 4 is 0 Å². The van der Waals surface area contributed by atoms with Crippen molar-refractivity contribution in [2.24, 2.45) is 0 Å². The number of aromatic hydroxyl groups is 1. The van der Waals surface area contributed by atoms with Gasteiger partial charge in [0.1, 0.15) is 0 Å². The second-order valence-electron chi connectivity index (χ2n) is 2.92. The Labute approximate surface area is 74.2 Å². The lowest BCUT2D eigenvalue weighted by Crippen LogP contribution is -2.30. The largest absolute Gasteiger partial charge is 0.504 e. The minimum Gasteiger partial charge on any atom is -0.504 e. The Kier molecular flexibility index (Phi) is 2.60. The van der Waals surface area contributed by atoms with E-state index in [9.17, 15) is 14.4 Å². The fourth-order valence-corrected chi connectivity index (χ4v) is 1.18. The quantitative estimate of drug-likeness (QED) is 0.651. The van der Waals surface area contributed by atoms with Crippen LogP contribution in [0.15, 0.2) is 14.4 Å². The Balaban J connectivity index is 3.23. The highest BCUT2D eigenvalue weighted by Crippen LogP contribution is 2.08. The van der Waals surface area contributed by atoms with E-state index in [2.05, 4.69) is 0 Å². The van der Waals surface area contributed by atoms with Gasteiger partial charge in [0.25, 0.3) is 10.9 Å². The molecule has 1 aromatic carbocycles. The summed E-state index contributed by atoms with van der Waals surface area (Å²) in [6.07, 6.45) is 1.83. The van der Waals surface area contributed by atoms with Crippen LogP contribution in [0, 0.1) is 0 Å². The topological polar surface area (TPSA) is 71.4 Å². The van der Waals surface area contributed by atoms with E-state index >= 15 is 0 Å². The highest BCUT2D eigenvalue weighted by molar-refractivity contribution is 5.34. The number of hydrogen-bond donors (Lipinski definition) is 1. The predicted molar refractivity (Wildman–Crippen MR) is 47.9 cm³/mol. The Morgan fingerprint density at radius 1 is 1.08 bits per heavy atom. The molecule has 0 unspecified atom stereocenters. The minimum atomic E-state index is -1.11. The van der Waals surface area contributed by atoms with Gasteiger partial charge in [-0.15, -0.1) is 0 Å². The van der Waals surface area contributed by atoms with Crippen molar-refractivity contribution in [1.29, 1.82) is 0 Å². The molecule has 1 aromatic rings. The summed E-state index contributed by atoms with van der Waals surface area (Å²) >= 11 is 0. The normalized spacial score (nSPS) is 10.5. The molecule has 1 rings (SSSR count). The lowest BCUT2D eigenvalue weighted by Gasteiger charge is -1.93. The zero-order valence-corrected chi connectivity index (χ0v) is 7.29. The molecule has 0 saturated carbocycles. The van der Waals surface area contributed by atoms with Crippen molar-refractivity contribution in [3.05, 3.63) is 36.2 Å². The second-order valence-corrected chi connectivity index (χ2v) is 2.92. The van der Waals surface area contributed by atoms with Gasteiger partial charge in [0.05, 0.1) is 0 Å². The summed E-state index contributed by atoms with van der Waals surface area (Å²) in [6, 6.07) is 0. The van der Waals surface area contributed by atoms with Crippen molar-refractivity contribution in [3.63, 3.8) is 0 Å². The molecule has 1 N–H and O–H groups in total. The Morgan fingerprint density at radius 2 is 1.69 bits per heavy atom. The van der Waals surface area contributed by atoms with E-state index in [0.29, 0.717) is 12.8 Å². The maximum absolute atomic E-state index is 11.0. The first kappa shape index (κ1) is 9.64. The lowest BCUT2D eigenvalue weighted by molar-refractivity contribution is 0.464. The van der Waals surface area contributed by atoms with E-state index in [1.807, 2.05) is 6.92 Å². The van der Waals surface area contributed by atoms with Gasteiger partial charge in [-0.3, -0.25) is 14.4 Å². The Morgan fingerprint density at radius 3 is 2.08 bits per heavy atom. The monoisotopic (exact) mass is 182 g/mol. The summed E-state index contributed by atoms with van der Waals surface area (Å²) in [5, 5.41) is 9.11. The number of rotatable bonds is 3. The molecule has 0 spiro atoms. The fourth-order valence-electron chi connectivity index (χ4n) is 1.18. The van der Waals surface area contributed by atoms with Crippen LogP contribution in [0.3, 0.4) is 0 Å². The average molecular weight is 182 g/mol. The van der Waals surface area contributed by atoms with Gasteiger partial charge in [0.15, 0.2) is 5.75 Å². The summed E-state index contributed by atoms with van der Waals surface area (Å²) in [4.78, 5) is 32.6. The van der Waals surface area contributed by atoms with E-state index in [-0.39, 0.29) is 5.56 Å². The van der Waals surface area contributed by atoms with Crippen molar-refractivity contribution in [2.75, 3.05) is 0 Å². The van der Waals surface area contributed by atoms with E-state index in [0.717, 1.165) is 6.42 Å². The van der Waals surface area contributed by atoms with E-state index < -0.39 is 22.0 Å². The van der Waals surface area contributed by atoms with Crippen LogP contribution >= 0.6 is 0 Å². The zero-order chi connectivity index (χ0) is 10.0. The van der Waals surface area contributed by atoms with E-state index in [1.165, 1.54) is 0 Å². The molecular weight excluding hydrogens is 172 g/mol. The van der Waals surface area contributed by atoms with Crippen LogP contribution in [0.1, 0.15) is 25.3 Å². The highest BCUT2D eigenvalue weighted by Gasteiger charge is 2.17. The number of hydrogen-bond acceptors (Lipinski definition) is 4. The van der Waals surface area contributed by atoms with Gasteiger partial charge >= 0.3 is 0 Å². The van der Waals surface area contributed by atoms with E-state index in [4.69, 9.17) is 5.11 Å². The first-order chi connectivity index (χ1) is 6.09. The molecule has 0 amide bonds. The molecule has 0 radical (unpaired) electrons. The third kappa shape index (κ3) is 1.52. The molecule has 0 aliphatic rings. The standard InChI is InChI=1S/C9H10O4/c1-2-3-4-5-6(10)8(12)9(13)7(5)11/h10H,2-4H2,1H3. The maximum atomic E-state index is 11.0. The van der Waals surface area contributed by atoms with Crippen molar-refractivity contribution < 1.29 is 5.11 Å². The molecule has 0 heterocycles. The molecule has 0 fully saturated rings. The first-order valence-corrected chi connectivity index (χ1v) is 4.15. The molecule has 0 aliphatic carbocycles. The Bertz CT molecular complexity index is 437. The first-order valence-electron chi connectivity index (χ1n) is 4.15. The van der Waals surface area contributed by atoms with Crippen LogP contribution in [0.25, 0.3) is 0 Å². The third-order valence-electron chi connectivity index (χ3n) is 1.97. The van der Waals surface area contributed by atoms with Gasteiger partial charge < -0.3 is 5.11 Å². The van der Waals surface area contributed by atoms with Crippen LogP contribution in [-0.4, -0.2) is 5.11 Å². The second kappa shape index (κ2) is 3.51. The fraction of sp³-hybridized carbons (Fsp3) is 0.444. The summed E-state index contributed by atoms with van der Waals surface area (Å²) in [6.45, 7) is 1.92.